The van der Waals surface area contributed by atoms with Gasteiger partial charge in [-0.3, -0.25) is 0 Å². The Morgan fingerprint density at radius 2 is 1.72 bits per heavy atom. The van der Waals surface area contributed by atoms with Crippen LogP contribution in [0.4, 0.5) is 0 Å². The molecule has 0 saturated heterocycles. The van der Waals surface area contributed by atoms with E-state index in [2.05, 4.69) is 53.7 Å². The van der Waals surface area contributed by atoms with Crippen LogP contribution in [0.5, 0.6) is 11.5 Å². The fraction of sp³-hybridized carbons (Fsp3) is 0.552. The van der Waals surface area contributed by atoms with E-state index in [4.69, 9.17) is 9.47 Å². The van der Waals surface area contributed by atoms with Crippen LogP contribution in [0.1, 0.15) is 69.3 Å². The van der Waals surface area contributed by atoms with Crippen molar-refractivity contribution in [3.05, 3.63) is 59.4 Å². The average molecular weight is 488 g/mol. The maximum atomic E-state index is 6.11. The predicted octanol–water partition coefficient (Wildman–Crippen LogP) is 5.40. The molecule has 4 saturated carbocycles. The summed E-state index contributed by atoms with van der Waals surface area (Å²) in [5.74, 6) is 2.93. The minimum Gasteiger partial charge on any atom is -0.493 e. The van der Waals surface area contributed by atoms with Crippen molar-refractivity contribution in [2.24, 2.45) is 16.7 Å². The van der Waals surface area contributed by atoms with Gasteiger partial charge in [-0.05, 0) is 102 Å². The summed E-state index contributed by atoms with van der Waals surface area (Å²) in [6.07, 6.45) is 8.16. The van der Waals surface area contributed by atoms with E-state index >= 15 is 0 Å². The maximum Gasteiger partial charge on any atom is 0.194 e. The second kappa shape index (κ2) is 8.58. The highest BCUT2D eigenvalue weighted by Gasteiger charge is 2.59. The van der Waals surface area contributed by atoms with Crippen molar-refractivity contribution in [1.82, 2.24) is 25.5 Å². The fourth-order valence-electron chi connectivity index (χ4n) is 8.20. The van der Waals surface area contributed by atoms with Crippen molar-refractivity contribution in [1.29, 1.82) is 0 Å². The van der Waals surface area contributed by atoms with E-state index in [1.54, 1.807) is 11.8 Å². The summed E-state index contributed by atoms with van der Waals surface area (Å²) >= 11 is 0. The highest BCUT2D eigenvalue weighted by molar-refractivity contribution is 5.43. The minimum atomic E-state index is 0.247. The van der Waals surface area contributed by atoms with Gasteiger partial charge in [0, 0.05) is 12.1 Å². The van der Waals surface area contributed by atoms with Crippen LogP contribution >= 0.6 is 0 Å². The molecule has 7 heteroatoms. The lowest BCUT2D eigenvalue weighted by Crippen LogP contribution is -2.63. The number of tetrazole rings is 1. The van der Waals surface area contributed by atoms with E-state index in [9.17, 15) is 0 Å². The molecule has 36 heavy (non-hydrogen) atoms. The van der Waals surface area contributed by atoms with Crippen LogP contribution in [-0.2, 0) is 13.2 Å². The van der Waals surface area contributed by atoms with Gasteiger partial charge in [0.25, 0.3) is 0 Å². The van der Waals surface area contributed by atoms with Gasteiger partial charge >= 0.3 is 0 Å². The molecule has 1 N–H and O–H groups in total. The van der Waals surface area contributed by atoms with Crippen LogP contribution in [0.15, 0.2) is 42.5 Å². The standard InChI is InChI=1S/C29H37N5O2/c1-20-5-8-23(9-6-20)34-26(31-32-33-34)16-36-24-10-7-21(11-25(24)35-4)15-30-29-14-22-12-27(2,18-29)17-28(3,13-22)19-29/h5-11,22,30H,12-19H2,1-4H3. The van der Waals surface area contributed by atoms with Crippen molar-refractivity contribution in [3.63, 3.8) is 0 Å². The first-order valence-electron chi connectivity index (χ1n) is 13.2. The van der Waals surface area contributed by atoms with Crippen LogP contribution in [0.3, 0.4) is 0 Å². The number of nitrogens with zero attached hydrogens (tertiary/aromatic N) is 4. The number of nitrogens with one attached hydrogen (secondary N) is 1. The summed E-state index contributed by atoms with van der Waals surface area (Å²) < 4.78 is 13.5. The average Bonchev–Trinajstić information content (AvgIpc) is 3.28. The summed E-state index contributed by atoms with van der Waals surface area (Å²) in [4.78, 5) is 0. The van der Waals surface area contributed by atoms with Crippen LogP contribution in [0, 0.1) is 23.7 Å². The molecule has 0 aliphatic heterocycles. The summed E-state index contributed by atoms with van der Waals surface area (Å²) in [5, 5.41) is 16.2. The Balaban J connectivity index is 1.13. The first kappa shape index (κ1) is 23.5. The Labute approximate surface area is 213 Å². The molecular formula is C29H37N5O2. The summed E-state index contributed by atoms with van der Waals surface area (Å²) in [5.41, 5.74) is 4.60. The van der Waals surface area contributed by atoms with Gasteiger partial charge in [-0.1, -0.05) is 37.6 Å². The van der Waals surface area contributed by atoms with E-state index in [1.165, 1.54) is 49.7 Å². The lowest BCUT2D eigenvalue weighted by Gasteiger charge is -2.65. The van der Waals surface area contributed by atoms with Crippen molar-refractivity contribution in [2.75, 3.05) is 7.11 Å². The Bertz CT molecular complexity index is 1230. The van der Waals surface area contributed by atoms with E-state index < -0.39 is 0 Å². The molecule has 0 radical (unpaired) electrons. The molecule has 190 valence electrons. The first-order valence-corrected chi connectivity index (χ1v) is 13.2. The highest BCUT2D eigenvalue weighted by atomic mass is 16.5. The number of hydrogen-bond donors (Lipinski definition) is 1. The van der Waals surface area contributed by atoms with Gasteiger partial charge in [0.05, 0.1) is 12.8 Å². The Morgan fingerprint density at radius 1 is 0.972 bits per heavy atom. The highest BCUT2D eigenvalue weighted by Crippen LogP contribution is 2.66. The molecule has 3 aromatic rings. The van der Waals surface area contributed by atoms with Gasteiger partial charge < -0.3 is 14.8 Å². The molecule has 4 aliphatic rings. The zero-order valence-electron chi connectivity index (χ0n) is 21.9. The predicted molar refractivity (Wildman–Crippen MR) is 138 cm³/mol. The Hall–Kier alpha value is -2.93. The molecule has 1 heterocycles. The lowest BCUT2D eigenvalue weighted by molar-refractivity contribution is -0.118. The number of ether oxygens (including phenoxy) is 2. The molecule has 4 fully saturated rings. The van der Waals surface area contributed by atoms with E-state index in [0.717, 1.165) is 23.9 Å². The van der Waals surface area contributed by atoms with Gasteiger partial charge in [0.1, 0.15) is 0 Å². The lowest BCUT2D eigenvalue weighted by atomic mass is 9.43. The third-order valence-corrected chi connectivity index (χ3v) is 8.69. The largest absolute Gasteiger partial charge is 0.493 e. The number of aromatic nitrogens is 4. The third kappa shape index (κ3) is 4.38. The smallest absolute Gasteiger partial charge is 0.194 e. The van der Waals surface area contributed by atoms with Gasteiger partial charge in [0.2, 0.25) is 0 Å². The molecule has 2 aromatic carbocycles. The summed E-state index contributed by atoms with van der Waals surface area (Å²) in [6.45, 7) is 8.20. The number of benzene rings is 2. The van der Waals surface area contributed by atoms with Gasteiger partial charge in [0.15, 0.2) is 23.9 Å². The number of aryl methyl sites for hydroxylation is 1. The number of hydrogen-bond acceptors (Lipinski definition) is 6. The van der Waals surface area contributed by atoms with Gasteiger partial charge in [-0.15, -0.1) is 5.10 Å². The molecule has 7 nitrogen and oxygen atoms in total. The second-order valence-corrected chi connectivity index (χ2v) is 12.4. The van der Waals surface area contributed by atoms with Crippen LogP contribution in [-0.4, -0.2) is 32.9 Å². The van der Waals surface area contributed by atoms with Gasteiger partial charge in [-0.25, -0.2) is 0 Å². The SMILES string of the molecule is COc1cc(CNC23CC4CC(C)(CC(C)(C4)C2)C3)ccc1OCc1nnnn1-c1ccc(C)cc1. The van der Waals surface area contributed by atoms with Crippen LogP contribution in [0.2, 0.25) is 0 Å². The zero-order valence-corrected chi connectivity index (χ0v) is 21.9. The summed E-state index contributed by atoms with van der Waals surface area (Å²) in [7, 11) is 1.69. The molecule has 0 amide bonds. The normalized spacial score (nSPS) is 30.5. The quantitative estimate of drug-likeness (QED) is 0.459. The topological polar surface area (TPSA) is 74.1 Å². The number of methoxy groups -OCH3 is 1. The molecule has 4 aliphatic carbocycles. The van der Waals surface area contributed by atoms with Crippen molar-refractivity contribution in [2.45, 2.75) is 78.0 Å². The molecular weight excluding hydrogens is 450 g/mol. The molecule has 4 bridgehead atoms. The Morgan fingerprint density at radius 3 is 2.42 bits per heavy atom. The molecule has 1 aromatic heterocycles. The van der Waals surface area contributed by atoms with Crippen molar-refractivity contribution >= 4 is 0 Å². The Kier molecular flexibility index (Phi) is 5.59. The third-order valence-electron chi connectivity index (χ3n) is 8.69. The summed E-state index contributed by atoms with van der Waals surface area (Å²) in [6, 6.07) is 14.3. The van der Waals surface area contributed by atoms with Gasteiger partial charge in [-0.2, -0.15) is 4.68 Å². The molecule has 7 rings (SSSR count). The number of rotatable bonds is 8. The first-order chi connectivity index (χ1) is 17.3. The van der Waals surface area contributed by atoms with Crippen LogP contribution < -0.4 is 14.8 Å². The molecule has 0 spiro atoms. The van der Waals surface area contributed by atoms with Crippen LogP contribution in [0.25, 0.3) is 5.69 Å². The maximum absolute atomic E-state index is 6.11. The molecule has 2 atom stereocenters. The zero-order chi connectivity index (χ0) is 25.0. The second-order valence-electron chi connectivity index (χ2n) is 12.4. The van der Waals surface area contributed by atoms with Crippen molar-refractivity contribution in [3.8, 4) is 17.2 Å². The molecule has 2 unspecified atom stereocenters. The fourth-order valence-corrected chi connectivity index (χ4v) is 8.20. The van der Waals surface area contributed by atoms with E-state index in [-0.39, 0.29) is 12.1 Å². The van der Waals surface area contributed by atoms with E-state index in [1.807, 2.05) is 30.3 Å². The van der Waals surface area contributed by atoms with Crippen molar-refractivity contribution < 1.29 is 9.47 Å². The monoisotopic (exact) mass is 487 g/mol. The minimum absolute atomic E-state index is 0.247. The van der Waals surface area contributed by atoms with E-state index in [0.29, 0.717) is 22.4 Å².